The first kappa shape index (κ1) is 25.2. The van der Waals surface area contributed by atoms with Gasteiger partial charge >= 0.3 is 12.4 Å². The van der Waals surface area contributed by atoms with E-state index in [1.54, 1.807) is 0 Å². The molecule has 0 unspecified atom stereocenters. The van der Waals surface area contributed by atoms with Crippen molar-refractivity contribution in [3.63, 3.8) is 0 Å². The van der Waals surface area contributed by atoms with Crippen molar-refractivity contribution in [1.82, 2.24) is 5.32 Å². The quantitative estimate of drug-likeness (QED) is 0.529. The number of halogens is 7. The predicted octanol–water partition coefficient (Wildman–Crippen LogP) is 5.23. The summed E-state index contributed by atoms with van der Waals surface area (Å²) in [5.41, 5.74) is -3.05. The molecule has 0 saturated carbocycles. The molecular weight excluding hydrogens is 469 g/mol. The minimum absolute atomic E-state index is 0.356. The van der Waals surface area contributed by atoms with Gasteiger partial charge in [-0.3, -0.25) is 9.52 Å². The molecule has 2 aromatic rings. The SMILES string of the molecule is C=C(CCC(F)(F)F)NC(=O)c1ccc(C(F)(F)F)cc1NS(=O)(=O)c1ccc(F)cc1. The first-order valence-electron chi connectivity index (χ1n) is 8.64. The van der Waals surface area contributed by atoms with Gasteiger partial charge in [0, 0.05) is 12.1 Å². The van der Waals surface area contributed by atoms with Crippen LogP contribution in [0.5, 0.6) is 0 Å². The molecule has 2 N–H and O–H groups in total. The van der Waals surface area contributed by atoms with Crippen LogP contribution in [0, 0.1) is 5.82 Å². The molecule has 0 saturated heterocycles. The molecule has 0 radical (unpaired) electrons. The Morgan fingerprint density at radius 3 is 2.09 bits per heavy atom. The smallest absolute Gasteiger partial charge is 0.326 e. The molecule has 0 heterocycles. The number of hydrogen-bond acceptors (Lipinski definition) is 3. The van der Waals surface area contributed by atoms with Crippen molar-refractivity contribution in [2.75, 3.05) is 4.72 Å². The first-order chi connectivity index (χ1) is 14.6. The number of amides is 1. The zero-order chi connectivity index (χ0) is 24.3. The van der Waals surface area contributed by atoms with Crippen LogP contribution in [0.25, 0.3) is 0 Å². The number of anilines is 1. The van der Waals surface area contributed by atoms with E-state index in [2.05, 4.69) is 6.58 Å². The van der Waals surface area contributed by atoms with Crippen LogP contribution in [0.3, 0.4) is 0 Å². The Kier molecular flexibility index (Phi) is 7.23. The lowest BCUT2D eigenvalue weighted by molar-refractivity contribution is -0.137. The molecule has 2 aromatic carbocycles. The fourth-order valence-corrected chi connectivity index (χ4v) is 3.47. The van der Waals surface area contributed by atoms with Crippen molar-refractivity contribution in [1.29, 1.82) is 0 Å². The third-order valence-corrected chi connectivity index (χ3v) is 5.34. The minimum Gasteiger partial charge on any atom is -0.326 e. The van der Waals surface area contributed by atoms with Gasteiger partial charge in [-0.1, -0.05) is 6.58 Å². The van der Waals surface area contributed by atoms with E-state index < -0.39 is 68.7 Å². The summed E-state index contributed by atoms with van der Waals surface area (Å²) in [7, 11) is -4.54. The second kappa shape index (κ2) is 9.18. The highest BCUT2D eigenvalue weighted by molar-refractivity contribution is 7.92. The molecular formula is C19H15F7N2O3S. The minimum atomic E-state index is -4.89. The fourth-order valence-electron chi connectivity index (χ4n) is 2.40. The van der Waals surface area contributed by atoms with Gasteiger partial charge in [0.2, 0.25) is 0 Å². The summed E-state index contributed by atoms with van der Waals surface area (Å²) < 4.78 is 116. The maximum absolute atomic E-state index is 13.1. The maximum Gasteiger partial charge on any atom is 0.416 e. The summed E-state index contributed by atoms with van der Waals surface area (Å²) in [6.07, 6.45) is -11.4. The summed E-state index contributed by atoms with van der Waals surface area (Å²) in [6, 6.07) is 4.83. The van der Waals surface area contributed by atoms with Gasteiger partial charge in [-0.2, -0.15) is 26.3 Å². The maximum atomic E-state index is 13.1. The van der Waals surface area contributed by atoms with Crippen LogP contribution in [0.4, 0.5) is 36.4 Å². The third-order valence-electron chi connectivity index (χ3n) is 3.96. The summed E-state index contributed by atoms with van der Waals surface area (Å²) in [6.45, 7) is 3.25. The van der Waals surface area contributed by atoms with E-state index in [9.17, 15) is 43.9 Å². The number of allylic oxidation sites excluding steroid dienone is 1. The summed E-state index contributed by atoms with van der Waals surface area (Å²) >= 11 is 0. The Labute approximate surface area is 178 Å². The van der Waals surface area contributed by atoms with E-state index in [1.165, 1.54) is 0 Å². The number of alkyl halides is 6. The summed E-state index contributed by atoms with van der Waals surface area (Å²) in [4.78, 5) is 11.9. The molecule has 0 spiro atoms. The van der Waals surface area contributed by atoms with Crippen LogP contribution in [0.1, 0.15) is 28.8 Å². The number of sulfonamides is 1. The monoisotopic (exact) mass is 484 g/mol. The topological polar surface area (TPSA) is 75.3 Å². The molecule has 174 valence electrons. The molecule has 0 aromatic heterocycles. The Balaban J connectivity index is 2.38. The van der Waals surface area contributed by atoms with Gasteiger partial charge in [-0.15, -0.1) is 0 Å². The lowest BCUT2D eigenvalue weighted by Crippen LogP contribution is -2.25. The third kappa shape index (κ3) is 6.97. The first-order valence-corrected chi connectivity index (χ1v) is 10.1. The van der Waals surface area contributed by atoms with Gasteiger partial charge in [0.1, 0.15) is 5.82 Å². The molecule has 0 bridgehead atoms. The van der Waals surface area contributed by atoms with Crippen molar-refractivity contribution in [2.24, 2.45) is 0 Å². The van der Waals surface area contributed by atoms with E-state index in [4.69, 9.17) is 0 Å². The number of nitrogens with one attached hydrogen (secondary N) is 2. The Hall–Kier alpha value is -3.09. The van der Waals surface area contributed by atoms with Gasteiger partial charge in [-0.05, 0) is 48.9 Å². The second-order valence-electron chi connectivity index (χ2n) is 6.49. The fraction of sp³-hybridized carbons (Fsp3) is 0.211. The van der Waals surface area contributed by atoms with Gasteiger partial charge in [0.05, 0.1) is 21.7 Å². The average Bonchev–Trinajstić information content (AvgIpc) is 2.65. The number of hydrogen-bond donors (Lipinski definition) is 2. The number of rotatable bonds is 7. The van der Waals surface area contributed by atoms with Crippen molar-refractivity contribution < 1.29 is 43.9 Å². The van der Waals surface area contributed by atoms with E-state index in [0.717, 1.165) is 24.3 Å². The molecule has 5 nitrogen and oxygen atoms in total. The molecule has 0 aliphatic carbocycles. The molecule has 0 atom stereocenters. The van der Waals surface area contributed by atoms with Gasteiger partial charge < -0.3 is 5.32 Å². The van der Waals surface area contributed by atoms with E-state index in [1.807, 2.05) is 10.0 Å². The van der Waals surface area contributed by atoms with Gasteiger partial charge in [0.15, 0.2) is 0 Å². The van der Waals surface area contributed by atoms with E-state index in [-0.39, 0.29) is 5.70 Å². The normalized spacial score (nSPS) is 12.3. The summed E-state index contributed by atoms with van der Waals surface area (Å²) in [5.74, 6) is -1.94. The highest BCUT2D eigenvalue weighted by Gasteiger charge is 2.32. The summed E-state index contributed by atoms with van der Waals surface area (Å²) in [5, 5.41) is 2.00. The largest absolute Gasteiger partial charge is 0.416 e. The number of carbonyl (C=O) groups is 1. The average molecular weight is 484 g/mol. The lowest BCUT2D eigenvalue weighted by Gasteiger charge is -2.16. The molecule has 32 heavy (non-hydrogen) atoms. The second-order valence-corrected chi connectivity index (χ2v) is 8.17. The van der Waals surface area contributed by atoms with Gasteiger partial charge in [-0.25, -0.2) is 12.8 Å². The van der Waals surface area contributed by atoms with Crippen LogP contribution in [-0.2, 0) is 16.2 Å². The zero-order valence-corrected chi connectivity index (χ0v) is 16.8. The predicted molar refractivity (Wildman–Crippen MR) is 101 cm³/mol. The van der Waals surface area contributed by atoms with E-state index in [0.29, 0.717) is 18.2 Å². The molecule has 13 heteroatoms. The van der Waals surface area contributed by atoms with Crippen molar-refractivity contribution in [3.8, 4) is 0 Å². The highest BCUT2D eigenvalue weighted by atomic mass is 32.2. The van der Waals surface area contributed by atoms with E-state index >= 15 is 0 Å². The zero-order valence-electron chi connectivity index (χ0n) is 15.9. The molecule has 0 aliphatic rings. The number of benzene rings is 2. The lowest BCUT2D eigenvalue weighted by atomic mass is 10.1. The van der Waals surface area contributed by atoms with Crippen molar-refractivity contribution >= 4 is 21.6 Å². The molecule has 0 aliphatic heterocycles. The van der Waals surface area contributed by atoms with Crippen LogP contribution in [0.2, 0.25) is 0 Å². The Morgan fingerprint density at radius 2 is 1.56 bits per heavy atom. The Bertz CT molecular complexity index is 1110. The van der Waals surface area contributed by atoms with Crippen molar-refractivity contribution in [2.45, 2.75) is 30.1 Å². The molecule has 2 rings (SSSR count). The Morgan fingerprint density at radius 1 is 0.969 bits per heavy atom. The van der Waals surface area contributed by atoms with Crippen LogP contribution in [0.15, 0.2) is 59.6 Å². The molecule has 0 fully saturated rings. The number of carbonyl (C=O) groups excluding carboxylic acids is 1. The highest BCUT2D eigenvalue weighted by Crippen LogP contribution is 2.33. The van der Waals surface area contributed by atoms with Crippen molar-refractivity contribution in [3.05, 3.63) is 71.7 Å². The van der Waals surface area contributed by atoms with Crippen LogP contribution >= 0.6 is 0 Å². The molecule has 1 amide bonds. The van der Waals surface area contributed by atoms with Crippen LogP contribution in [-0.4, -0.2) is 20.5 Å². The van der Waals surface area contributed by atoms with Gasteiger partial charge in [0.25, 0.3) is 15.9 Å². The standard InChI is InChI=1S/C19H15F7N2O3S/c1-11(8-9-18(21,22)23)27-17(29)15-7-2-12(19(24,25)26)10-16(15)28-32(30,31)14-5-3-13(20)4-6-14/h2-7,10,28H,1,8-9H2,(H,27,29). The van der Waals surface area contributed by atoms with Crippen LogP contribution < -0.4 is 10.0 Å².